The average Bonchev–Trinajstić information content (AvgIpc) is 3.24. The molecule has 1 aromatic carbocycles. The molecule has 0 aliphatic heterocycles. The third-order valence-corrected chi connectivity index (χ3v) is 4.51. The minimum atomic E-state index is 0.790. The molecule has 0 aliphatic rings. The Hall–Kier alpha value is -2.46. The Morgan fingerprint density at radius 1 is 1.05 bits per heavy atom. The molecule has 0 unspecified atom stereocenters. The number of aryl methyl sites for hydroxylation is 1. The Bertz CT molecular complexity index is 911. The summed E-state index contributed by atoms with van der Waals surface area (Å²) in [5, 5.41) is 3.23. The van der Waals surface area contributed by atoms with Crippen LogP contribution in [0.4, 0.5) is 0 Å². The standard InChI is InChI=1S/C18H14N2OS/c1-2-15-19-17(14-9-6-10-21-14)16-13(11-22-18(16)20-15)12-7-4-3-5-8-12/h3-11H,2H2,1H3. The van der Waals surface area contributed by atoms with Gasteiger partial charge in [0.15, 0.2) is 5.76 Å². The maximum atomic E-state index is 5.60. The number of hydrogen-bond donors (Lipinski definition) is 0. The summed E-state index contributed by atoms with van der Waals surface area (Å²) in [6, 6.07) is 14.2. The van der Waals surface area contributed by atoms with E-state index < -0.39 is 0 Å². The van der Waals surface area contributed by atoms with Crippen LogP contribution in [0.25, 0.3) is 32.8 Å². The molecule has 22 heavy (non-hydrogen) atoms. The maximum absolute atomic E-state index is 5.60. The van der Waals surface area contributed by atoms with Gasteiger partial charge in [-0.15, -0.1) is 11.3 Å². The fraction of sp³-hybridized carbons (Fsp3) is 0.111. The van der Waals surface area contributed by atoms with E-state index in [0.717, 1.165) is 39.5 Å². The van der Waals surface area contributed by atoms with E-state index in [2.05, 4.69) is 29.4 Å². The first-order valence-corrected chi connectivity index (χ1v) is 8.12. The van der Waals surface area contributed by atoms with Crippen molar-refractivity contribution >= 4 is 21.6 Å². The van der Waals surface area contributed by atoms with Gasteiger partial charge in [-0.1, -0.05) is 37.3 Å². The fourth-order valence-electron chi connectivity index (χ4n) is 2.57. The minimum absolute atomic E-state index is 0.790. The van der Waals surface area contributed by atoms with Gasteiger partial charge < -0.3 is 4.42 Å². The monoisotopic (exact) mass is 306 g/mol. The van der Waals surface area contributed by atoms with E-state index in [1.807, 2.05) is 30.3 Å². The summed E-state index contributed by atoms with van der Waals surface area (Å²) < 4.78 is 5.60. The van der Waals surface area contributed by atoms with Gasteiger partial charge in [0.2, 0.25) is 0 Å². The van der Waals surface area contributed by atoms with Crippen LogP contribution in [0.5, 0.6) is 0 Å². The van der Waals surface area contributed by atoms with Crippen molar-refractivity contribution in [1.82, 2.24) is 9.97 Å². The maximum Gasteiger partial charge on any atom is 0.153 e. The number of rotatable bonds is 3. The molecule has 0 saturated carbocycles. The molecule has 0 saturated heterocycles. The van der Waals surface area contributed by atoms with E-state index in [1.54, 1.807) is 17.6 Å². The van der Waals surface area contributed by atoms with Crippen LogP contribution >= 0.6 is 11.3 Å². The molecule has 3 heterocycles. The van der Waals surface area contributed by atoms with Gasteiger partial charge in [-0.05, 0) is 17.7 Å². The van der Waals surface area contributed by atoms with Crippen LogP contribution in [0.2, 0.25) is 0 Å². The summed E-state index contributed by atoms with van der Waals surface area (Å²) in [6.45, 7) is 2.07. The smallest absolute Gasteiger partial charge is 0.153 e. The van der Waals surface area contributed by atoms with Gasteiger partial charge in [0.1, 0.15) is 16.3 Å². The van der Waals surface area contributed by atoms with Crippen LogP contribution in [0.15, 0.2) is 58.5 Å². The molecule has 0 spiro atoms. The van der Waals surface area contributed by atoms with Crippen LogP contribution in [-0.4, -0.2) is 9.97 Å². The van der Waals surface area contributed by atoms with Crippen molar-refractivity contribution in [3.63, 3.8) is 0 Å². The van der Waals surface area contributed by atoms with Crippen LogP contribution in [0.3, 0.4) is 0 Å². The number of fused-ring (bicyclic) bond motifs is 1. The Balaban J connectivity index is 2.05. The molecule has 4 heteroatoms. The molecular weight excluding hydrogens is 292 g/mol. The zero-order chi connectivity index (χ0) is 14.9. The number of hydrogen-bond acceptors (Lipinski definition) is 4. The molecule has 0 bridgehead atoms. The van der Waals surface area contributed by atoms with E-state index in [9.17, 15) is 0 Å². The topological polar surface area (TPSA) is 38.9 Å². The predicted octanol–water partition coefficient (Wildman–Crippen LogP) is 5.18. The average molecular weight is 306 g/mol. The van der Waals surface area contributed by atoms with E-state index in [-0.39, 0.29) is 0 Å². The quantitative estimate of drug-likeness (QED) is 0.523. The first-order valence-electron chi connectivity index (χ1n) is 7.24. The summed E-state index contributed by atoms with van der Waals surface area (Å²) in [5.41, 5.74) is 3.22. The Morgan fingerprint density at radius 3 is 2.64 bits per heavy atom. The first-order chi connectivity index (χ1) is 10.9. The van der Waals surface area contributed by atoms with Gasteiger partial charge in [0, 0.05) is 22.8 Å². The molecule has 4 aromatic rings. The third kappa shape index (κ3) is 2.12. The lowest BCUT2D eigenvalue weighted by atomic mass is 10.0. The summed E-state index contributed by atoms with van der Waals surface area (Å²) in [4.78, 5) is 10.4. The molecule has 0 radical (unpaired) electrons. The second kappa shape index (κ2) is 5.39. The molecule has 3 aromatic heterocycles. The molecule has 0 fully saturated rings. The highest BCUT2D eigenvalue weighted by Crippen LogP contribution is 2.38. The number of furan rings is 1. The zero-order valence-electron chi connectivity index (χ0n) is 12.1. The van der Waals surface area contributed by atoms with Crippen LogP contribution in [0, 0.1) is 0 Å². The van der Waals surface area contributed by atoms with Gasteiger partial charge in [0.05, 0.1) is 6.26 Å². The van der Waals surface area contributed by atoms with Crippen molar-refractivity contribution in [2.24, 2.45) is 0 Å². The molecule has 3 nitrogen and oxygen atoms in total. The number of thiophene rings is 1. The van der Waals surface area contributed by atoms with E-state index in [1.165, 1.54) is 5.56 Å². The molecule has 4 rings (SSSR count). The fourth-order valence-corrected chi connectivity index (χ4v) is 3.53. The van der Waals surface area contributed by atoms with Crippen molar-refractivity contribution in [2.45, 2.75) is 13.3 Å². The summed E-state index contributed by atoms with van der Waals surface area (Å²) in [7, 11) is 0. The van der Waals surface area contributed by atoms with Gasteiger partial charge in [-0.2, -0.15) is 0 Å². The summed E-state index contributed by atoms with van der Waals surface area (Å²) in [6.07, 6.45) is 2.49. The minimum Gasteiger partial charge on any atom is -0.463 e. The van der Waals surface area contributed by atoms with Crippen molar-refractivity contribution in [2.75, 3.05) is 0 Å². The van der Waals surface area contributed by atoms with Crippen molar-refractivity contribution < 1.29 is 4.42 Å². The number of benzene rings is 1. The summed E-state index contributed by atoms with van der Waals surface area (Å²) >= 11 is 1.66. The van der Waals surface area contributed by atoms with E-state index >= 15 is 0 Å². The van der Waals surface area contributed by atoms with Crippen LogP contribution in [-0.2, 0) is 6.42 Å². The largest absolute Gasteiger partial charge is 0.463 e. The van der Waals surface area contributed by atoms with Gasteiger partial charge >= 0.3 is 0 Å². The van der Waals surface area contributed by atoms with E-state index in [4.69, 9.17) is 9.40 Å². The highest BCUT2D eigenvalue weighted by Gasteiger charge is 2.17. The lowest BCUT2D eigenvalue weighted by Gasteiger charge is -2.05. The Labute approximate surface area is 132 Å². The molecule has 108 valence electrons. The SMILES string of the molecule is CCc1nc(-c2ccco2)c2c(-c3ccccc3)csc2n1. The zero-order valence-corrected chi connectivity index (χ0v) is 12.9. The second-order valence-electron chi connectivity index (χ2n) is 5.01. The third-order valence-electron chi connectivity index (χ3n) is 3.64. The Morgan fingerprint density at radius 2 is 1.91 bits per heavy atom. The molecule has 0 N–H and O–H groups in total. The van der Waals surface area contributed by atoms with Crippen LogP contribution < -0.4 is 0 Å². The second-order valence-corrected chi connectivity index (χ2v) is 5.87. The number of aromatic nitrogens is 2. The highest BCUT2D eigenvalue weighted by atomic mass is 32.1. The number of nitrogens with zero attached hydrogens (tertiary/aromatic N) is 2. The van der Waals surface area contributed by atoms with Gasteiger partial charge in [0.25, 0.3) is 0 Å². The lowest BCUT2D eigenvalue weighted by molar-refractivity contribution is 0.580. The molecular formula is C18H14N2OS. The van der Waals surface area contributed by atoms with E-state index in [0.29, 0.717) is 0 Å². The van der Waals surface area contributed by atoms with Gasteiger partial charge in [-0.3, -0.25) is 0 Å². The summed E-state index contributed by atoms with van der Waals surface area (Å²) in [5.74, 6) is 1.64. The Kier molecular flexibility index (Phi) is 3.24. The van der Waals surface area contributed by atoms with Crippen molar-refractivity contribution in [3.05, 3.63) is 59.9 Å². The van der Waals surface area contributed by atoms with Crippen LogP contribution in [0.1, 0.15) is 12.7 Å². The molecule has 0 aliphatic carbocycles. The van der Waals surface area contributed by atoms with Crippen molar-refractivity contribution in [3.8, 4) is 22.6 Å². The lowest BCUT2D eigenvalue weighted by Crippen LogP contribution is -1.95. The molecule has 0 atom stereocenters. The van der Waals surface area contributed by atoms with Crippen molar-refractivity contribution in [1.29, 1.82) is 0 Å². The predicted molar refractivity (Wildman–Crippen MR) is 89.9 cm³/mol. The van der Waals surface area contributed by atoms with Gasteiger partial charge in [-0.25, -0.2) is 9.97 Å². The highest BCUT2D eigenvalue weighted by molar-refractivity contribution is 7.17. The first kappa shape index (κ1) is 13.2. The normalized spacial score (nSPS) is 11.1. The molecule has 0 amide bonds.